The van der Waals surface area contributed by atoms with E-state index in [1.807, 2.05) is 13.8 Å². The molecule has 7 heteroatoms. The highest BCUT2D eigenvalue weighted by molar-refractivity contribution is 5.47. The summed E-state index contributed by atoms with van der Waals surface area (Å²) in [6, 6.07) is 1.80. The molecule has 1 heterocycles. The molecule has 0 saturated carbocycles. The molecule has 3 N–H and O–H groups in total. The third-order valence-electron chi connectivity index (χ3n) is 2.44. The predicted octanol–water partition coefficient (Wildman–Crippen LogP) is 0.864. The lowest BCUT2D eigenvalue weighted by molar-refractivity contribution is 0.0727. The van der Waals surface area contributed by atoms with Crippen LogP contribution in [0.2, 0.25) is 0 Å². The molecular formula is C13H24N4O3. The average Bonchev–Trinajstić information content (AvgIpc) is 2.43. The van der Waals surface area contributed by atoms with E-state index in [0.717, 1.165) is 12.4 Å². The number of methoxy groups -OCH3 is 1. The molecule has 0 aliphatic heterocycles. The summed E-state index contributed by atoms with van der Waals surface area (Å²) < 4.78 is 10.2. The van der Waals surface area contributed by atoms with Crippen molar-refractivity contribution in [1.82, 2.24) is 9.97 Å². The van der Waals surface area contributed by atoms with Crippen LogP contribution in [-0.2, 0) is 16.1 Å². The van der Waals surface area contributed by atoms with Crippen LogP contribution >= 0.6 is 0 Å². The molecule has 1 unspecified atom stereocenters. The summed E-state index contributed by atoms with van der Waals surface area (Å²) in [7, 11) is 1.55. The number of rotatable bonds is 10. The monoisotopic (exact) mass is 284 g/mol. The van der Waals surface area contributed by atoms with Crippen molar-refractivity contribution < 1.29 is 14.6 Å². The number of aliphatic hydroxyl groups is 1. The maximum atomic E-state index is 9.62. The molecule has 0 bridgehead atoms. The Morgan fingerprint density at radius 3 is 2.55 bits per heavy atom. The number of aromatic nitrogens is 2. The van der Waals surface area contributed by atoms with Gasteiger partial charge in [0.15, 0.2) is 5.82 Å². The highest BCUT2D eigenvalue weighted by Gasteiger charge is 2.07. The van der Waals surface area contributed by atoms with Gasteiger partial charge in [0.2, 0.25) is 0 Å². The van der Waals surface area contributed by atoms with E-state index in [4.69, 9.17) is 9.47 Å². The number of anilines is 2. The molecule has 0 fully saturated rings. The molecule has 1 aromatic rings. The molecule has 1 atom stereocenters. The van der Waals surface area contributed by atoms with Crippen molar-refractivity contribution in [2.75, 3.05) is 44.0 Å². The number of hydrogen-bond donors (Lipinski definition) is 3. The molecule has 1 rings (SSSR count). The topological polar surface area (TPSA) is 88.5 Å². The summed E-state index contributed by atoms with van der Waals surface area (Å²) in [5.41, 5.74) is 0. The average molecular weight is 284 g/mol. The Kier molecular flexibility index (Phi) is 7.86. The first-order valence-electron chi connectivity index (χ1n) is 6.80. The summed E-state index contributed by atoms with van der Waals surface area (Å²) in [4.78, 5) is 8.70. The summed E-state index contributed by atoms with van der Waals surface area (Å²) in [5, 5.41) is 15.8. The molecule has 0 aliphatic carbocycles. The maximum Gasteiger partial charge on any atom is 0.158 e. The van der Waals surface area contributed by atoms with Crippen LogP contribution in [0.25, 0.3) is 0 Å². The molecule has 20 heavy (non-hydrogen) atoms. The number of ether oxygens (including phenoxy) is 2. The van der Waals surface area contributed by atoms with Gasteiger partial charge in [-0.25, -0.2) is 9.97 Å². The summed E-state index contributed by atoms with van der Waals surface area (Å²) >= 11 is 0. The standard InChI is InChI=1S/C13H24N4O3/c1-4-14-11-6-12(15-7-10(18)8-19-3)17-13(16-11)9-20-5-2/h6,10,18H,4-5,7-9H2,1-3H3,(H2,14,15,16,17). The zero-order valence-electron chi connectivity index (χ0n) is 12.3. The Bertz CT molecular complexity index is 390. The van der Waals surface area contributed by atoms with E-state index in [-0.39, 0.29) is 6.61 Å². The van der Waals surface area contributed by atoms with Gasteiger partial charge in [-0.05, 0) is 13.8 Å². The van der Waals surface area contributed by atoms with Gasteiger partial charge in [0.25, 0.3) is 0 Å². The lowest BCUT2D eigenvalue weighted by atomic mass is 10.3. The van der Waals surface area contributed by atoms with Crippen LogP contribution in [-0.4, -0.2) is 54.6 Å². The Hall–Kier alpha value is -1.44. The third-order valence-corrected chi connectivity index (χ3v) is 2.44. The smallest absolute Gasteiger partial charge is 0.158 e. The van der Waals surface area contributed by atoms with Crippen molar-refractivity contribution in [1.29, 1.82) is 0 Å². The van der Waals surface area contributed by atoms with Crippen molar-refractivity contribution in [2.24, 2.45) is 0 Å². The first-order valence-corrected chi connectivity index (χ1v) is 6.80. The van der Waals surface area contributed by atoms with E-state index in [1.165, 1.54) is 0 Å². The highest BCUT2D eigenvalue weighted by Crippen LogP contribution is 2.12. The van der Waals surface area contributed by atoms with Gasteiger partial charge in [-0.2, -0.15) is 0 Å². The molecule has 0 amide bonds. The zero-order valence-corrected chi connectivity index (χ0v) is 12.3. The third kappa shape index (κ3) is 6.14. The van der Waals surface area contributed by atoms with Crippen molar-refractivity contribution >= 4 is 11.6 Å². The second kappa shape index (κ2) is 9.46. The van der Waals surface area contributed by atoms with E-state index >= 15 is 0 Å². The quantitative estimate of drug-likeness (QED) is 0.587. The molecule has 114 valence electrons. The number of aliphatic hydroxyl groups excluding tert-OH is 1. The Morgan fingerprint density at radius 1 is 1.25 bits per heavy atom. The Balaban J connectivity index is 2.69. The molecule has 0 saturated heterocycles. The summed E-state index contributed by atoms with van der Waals surface area (Å²) in [6.45, 7) is 6.33. The number of nitrogens with one attached hydrogen (secondary N) is 2. The van der Waals surface area contributed by atoms with E-state index in [2.05, 4.69) is 20.6 Å². The van der Waals surface area contributed by atoms with Crippen LogP contribution in [0.5, 0.6) is 0 Å². The van der Waals surface area contributed by atoms with Gasteiger partial charge in [-0.3, -0.25) is 0 Å². The van der Waals surface area contributed by atoms with E-state index < -0.39 is 6.10 Å². The molecule has 1 aromatic heterocycles. The minimum atomic E-state index is -0.576. The van der Waals surface area contributed by atoms with Gasteiger partial charge in [-0.1, -0.05) is 0 Å². The van der Waals surface area contributed by atoms with Crippen LogP contribution in [0, 0.1) is 0 Å². The number of nitrogens with zero attached hydrogens (tertiary/aromatic N) is 2. The SMILES string of the molecule is CCNc1cc(NCC(O)COC)nc(COCC)n1. The molecular weight excluding hydrogens is 260 g/mol. The lowest BCUT2D eigenvalue weighted by Gasteiger charge is -2.13. The van der Waals surface area contributed by atoms with Crippen molar-refractivity contribution in [3.63, 3.8) is 0 Å². The van der Waals surface area contributed by atoms with Crippen molar-refractivity contribution in [3.05, 3.63) is 11.9 Å². The Morgan fingerprint density at radius 2 is 1.95 bits per heavy atom. The molecule has 0 radical (unpaired) electrons. The number of hydrogen-bond acceptors (Lipinski definition) is 7. The maximum absolute atomic E-state index is 9.62. The van der Waals surface area contributed by atoms with Gasteiger partial charge in [0, 0.05) is 32.9 Å². The normalized spacial score (nSPS) is 12.2. The van der Waals surface area contributed by atoms with Gasteiger partial charge in [-0.15, -0.1) is 0 Å². The van der Waals surface area contributed by atoms with E-state index in [1.54, 1.807) is 13.2 Å². The predicted molar refractivity (Wildman–Crippen MR) is 77.9 cm³/mol. The van der Waals surface area contributed by atoms with Crippen LogP contribution < -0.4 is 10.6 Å². The molecule has 7 nitrogen and oxygen atoms in total. The fourth-order valence-electron chi connectivity index (χ4n) is 1.59. The highest BCUT2D eigenvalue weighted by atomic mass is 16.5. The fourth-order valence-corrected chi connectivity index (χ4v) is 1.59. The van der Waals surface area contributed by atoms with Crippen molar-refractivity contribution in [2.45, 2.75) is 26.6 Å². The molecule has 0 spiro atoms. The first kappa shape index (κ1) is 16.6. The van der Waals surface area contributed by atoms with Gasteiger partial charge in [0.05, 0.1) is 12.7 Å². The van der Waals surface area contributed by atoms with E-state index in [9.17, 15) is 5.11 Å². The Labute approximate surface area is 119 Å². The van der Waals surface area contributed by atoms with Crippen molar-refractivity contribution in [3.8, 4) is 0 Å². The minimum Gasteiger partial charge on any atom is -0.389 e. The van der Waals surface area contributed by atoms with Crippen LogP contribution in [0.3, 0.4) is 0 Å². The molecule has 0 aliphatic rings. The van der Waals surface area contributed by atoms with Gasteiger partial charge in [0.1, 0.15) is 18.2 Å². The van der Waals surface area contributed by atoms with Crippen LogP contribution in [0.1, 0.15) is 19.7 Å². The van der Waals surface area contributed by atoms with Crippen LogP contribution in [0.4, 0.5) is 11.6 Å². The lowest BCUT2D eigenvalue weighted by Crippen LogP contribution is -2.24. The minimum absolute atomic E-state index is 0.282. The van der Waals surface area contributed by atoms with Crippen LogP contribution in [0.15, 0.2) is 6.07 Å². The van der Waals surface area contributed by atoms with Gasteiger partial charge < -0.3 is 25.2 Å². The summed E-state index contributed by atoms with van der Waals surface area (Å²) in [5.74, 6) is 2.00. The van der Waals surface area contributed by atoms with E-state index in [0.29, 0.717) is 31.4 Å². The molecule has 0 aromatic carbocycles. The fraction of sp³-hybridized carbons (Fsp3) is 0.692. The zero-order chi connectivity index (χ0) is 14.8. The second-order valence-corrected chi connectivity index (χ2v) is 4.21. The van der Waals surface area contributed by atoms with Gasteiger partial charge >= 0.3 is 0 Å². The first-order chi connectivity index (χ1) is 9.69. The second-order valence-electron chi connectivity index (χ2n) is 4.21. The largest absolute Gasteiger partial charge is 0.389 e. The summed E-state index contributed by atoms with van der Waals surface area (Å²) in [6.07, 6.45) is -0.576.